The Morgan fingerprint density at radius 2 is 1.95 bits per heavy atom. The average Bonchev–Trinajstić information content (AvgIpc) is 2.35. The highest BCUT2D eigenvalue weighted by Crippen LogP contribution is 2.17. The molecule has 1 aromatic carbocycles. The SMILES string of the molecule is COC(=O)c1cccc(S(=O)(=O)NC(C)(C)CC(=O)O)c1. The zero-order valence-electron chi connectivity index (χ0n) is 11.9. The average molecular weight is 315 g/mol. The highest BCUT2D eigenvalue weighted by atomic mass is 32.2. The Labute approximate surface area is 123 Å². The van der Waals surface area contributed by atoms with Crippen molar-refractivity contribution < 1.29 is 27.9 Å². The molecule has 0 fully saturated rings. The summed E-state index contributed by atoms with van der Waals surface area (Å²) in [5.41, 5.74) is -1.07. The lowest BCUT2D eigenvalue weighted by Gasteiger charge is -2.24. The van der Waals surface area contributed by atoms with E-state index in [1.807, 2.05) is 0 Å². The second-order valence-electron chi connectivity index (χ2n) is 5.08. The van der Waals surface area contributed by atoms with E-state index in [9.17, 15) is 18.0 Å². The number of sulfonamides is 1. The van der Waals surface area contributed by atoms with Gasteiger partial charge in [0.2, 0.25) is 10.0 Å². The van der Waals surface area contributed by atoms with Crippen LogP contribution in [0.25, 0.3) is 0 Å². The molecule has 0 amide bonds. The molecule has 1 rings (SSSR count). The number of carbonyl (C=O) groups is 2. The van der Waals surface area contributed by atoms with Crippen molar-refractivity contribution >= 4 is 22.0 Å². The summed E-state index contributed by atoms with van der Waals surface area (Å²) in [6.45, 7) is 2.92. The zero-order valence-corrected chi connectivity index (χ0v) is 12.7. The largest absolute Gasteiger partial charge is 0.481 e. The maximum absolute atomic E-state index is 12.2. The Balaban J connectivity index is 3.08. The lowest BCUT2D eigenvalue weighted by atomic mass is 10.0. The smallest absolute Gasteiger partial charge is 0.337 e. The van der Waals surface area contributed by atoms with Gasteiger partial charge >= 0.3 is 11.9 Å². The van der Waals surface area contributed by atoms with Crippen LogP contribution in [0, 0.1) is 0 Å². The topological polar surface area (TPSA) is 110 Å². The van der Waals surface area contributed by atoms with Gasteiger partial charge in [0.15, 0.2) is 0 Å². The van der Waals surface area contributed by atoms with Gasteiger partial charge in [-0.25, -0.2) is 17.9 Å². The van der Waals surface area contributed by atoms with Crippen LogP contribution in [0.15, 0.2) is 29.2 Å². The van der Waals surface area contributed by atoms with E-state index in [0.29, 0.717) is 0 Å². The fourth-order valence-electron chi connectivity index (χ4n) is 1.74. The van der Waals surface area contributed by atoms with Gasteiger partial charge in [0.1, 0.15) is 0 Å². The molecule has 0 aliphatic heterocycles. The first-order chi connectivity index (χ1) is 9.57. The number of nitrogens with one attached hydrogen (secondary N) is 1. The molecule has 8 heteroatoms. The Morgan fingerprint density at radius 3 is 2.48 bits per heavy atom. The molecule has 1 aromatic rings. The van der Waals surface area contributed by atoms with Gasteiger partial charge in [-0.3, -0.25) is 4.79 Å². The van der Waals surface area contributed by atoms with Crippen LogP contribution in [-0.4, -0.2) is 38.1 Å². The number of carboxylic acid groups (broad SMARTS) is 1. The minimum absolute atomic E-state index is 0.0939. The lowest BCUT2D eigenvalue weighted by Crippen LogP contribution is -2.44. The quantitative estimate of drug-likeness (QED) is 0.758. The highest BCUT2D eigenvalue weighted by molar-refractivity contribution is 7.89. The molecule has 0 unspecified atom stereocenters. The van der Waals surface area contributed by atoms with Gasteiger partial charge in [-0.05, 0) is 32.0 Å². The fraction of sp³-hybridized carbons (Fsp3) is 0.385. The molecule has 7 nitrogen and oxygen atoms in total. The van der Waals surface area contributed by atoms with E-state index in [1.54, 1.807) is 0 Å². The number of aliphatic carboxylic acids is 1. The standard InChI is InChI=1S/C13H17NO6S/c1-13(2,8-11(15)16)14-21(18,19)10-6-4-5-9(7-10)12(17)20-3/h4-7,14H,8H2,1-3H3,(H,15,16). The molecule has 0 heterocycles. The second-order valence-corrected chi connectivity index (χ2v) is 6.76. The molecule has 21 heavy (non-hydrogen) atoms. The molecular weight excluding hydrogens is 298 g/mol. The monoisotopic (exact) mass is 315 g/mol. The second kappa shape index (κ2) is 6.23. The summed E-state index contributed by atoms with van der Waals surface area (Å²) in [5.74, 6) is -1.78. The first-order valence-corrected chi connectivity index (χ1v) is 7.50. The molecular formula is C13H17NO6S. The first-order valence-electron chi connectivity index (χ1n) is 6.01. The van der Waals surface area contributed by atoms with Crippen molar-refractivity contribution in [1.82, 2.24) is 4.72 Å². The molecule has 0 aliphatic carbocycles. The maximum atomic E-state index is 12.2. The van der Waals surface area contributed by atoms with Crippen LogP contribution >= 0.6 is 0 Å². The molecule has 0 aliphatic rings. The summed E-state index contributed by atoms with van der Waals surface area (Å²) >= 11 is 0. The number of rotatable bonds is 6. The molecule has 2 N–H and O–H groups in total. The number of methoxy groups -OCH3 is 1. The Hall–Kier alpha value is -1.93. The molecule has 0 spiro atoms. The van der Waals surface area contributed by atoms with E-state index < -0.39 is 27.5 Å². The molecule has 0 atom stereocenters. The first kappa shape index (κ1) is 17.1. The van der Waals surface area contributed by atoms with Gasteiger partial charge in [0.25, 0.3) is 0 Å². The van der Waals surface area contributed by atoms with Crippen LogP contribution in [0.2, 0.25) is 0 Å². The van der Waals surface area contributed by atoms with Crippen molar-refractivity contribution in [3.8, 4) is 0 Å². The van der Waals surface area contributed by atoms with Crippen LogP contribution in [0.4, 0.5) is 0 Å². The predicted octanol–water partition coefficient (Wildman–Crippen LogP) is 1.00. The van der Waals surface area contributed by atoms with Gasteiger partial charge in [-0.2, -0.15) is 0 Å². The minimum Gasteiger partial charge on any atom is -0.481 e. The van der Waals surface area contributed by atoms with Crippen LogP contribution in [0.1, 0.15) is 30.6 Å². The highest BCUT2D eigenvalue weighted by Gasteiger charge is 2.29. The molecule has 116 valence electrons. The Bertz CT molecular complexity index is 650. The van der Waals surface area contributed by atoms with Gasteiger partial charge in [-0.15, -0.1) is 0 Å². The van der Waals surface area contributed by atoms with E-state index in [0.717, 1.165) is 0 Å². The molecule has 0 saturated heterocycles. The minimum atomic E-state index is -3.95. The van der Waals surface area contributed by atoms with Crippen LogP contribution in [-0.2, 0) is 19.6 Å². The number of esters is 1. The lowest BCUT2D eigenvalue weighted by molar-refractivity contribution is -0.138. The zero-order chi connectivity index (χ0) is 16.3. The van der Waals surface area contributed by atoms with E-state index in [1.165, 1.54) is 45.2 Å². The van der Waals surface area contributed by atoms with Crippen molar-refractivity contribution in [2.45, 2.75) is 30.7 Å². The van der Waals surface area contributed by atoms with E-state index >= 15 is 0 Å². The number of hydrogen-bond donors (Lipinski definition) is 2. The van der Waals surface area contributed by atoms with Crippen molar-refractivity contribution in [1.29, 1.82) is 0 Å². The number of carbonyl (C=O) groups excluding carboxylic acids is 1. The summed E-state index contributed by atoms with van der Waals surface area (Å²) < 4.78 is 31.3. The molecule has 0 saturated carbocycles. The van der Waals surface area contributed by atoms with Crippen LogP contribution < -0.4 is 4.72 Å². The maximum Gasteiger partial charge on any atom is 0.337 e. The van der Waals surface area contributed by atoms with Crippen molar-refractivity contribution in [3.63, 3.8) is 0 Å². The van der Waals surface area contributed by atoms with Gasteiger partial charge in [0.05, 0.1) is 24.0 Å². The third kappa shape index (κ3) is 4.83. The molecule has 0 bridgehead atoms. The normalized spacial score (nSPS) is 12.0. The van der Waals surface area contributed by atoms with Crippen molar-refractivity contribution in [2.75, 3.05) is 7.11 Å². The van der Waals surface area contributed by atoms with Crippen molar-refractivity contribution in [2.24, 2.45) is 0 Å². The summed E-state index contributed by atoms with van der Waals surface area (Å²) in [6.07, 6.45) is -0.372. The number of carboxylic acids is 1. The summed E-state index contributed by atoms with van der Waals surface area (Å²) in [4.78, 5) is 22.0. The van der Waals surface area contributed by atoms with Crippen LogP contribution in [0.3, 0.4) is 0 Å². The summed E-state index contributed by atoms with van der Waals surface area (Å²) in [7, 11) is -2.76. The fourth-order valence-corrected chi connectivity index (χ4v) is 3.20. The summed E-state index contributed by atoms with van der Waals surface area (Å²) in [5, 5.41) is 8.77. The predicted molar refractivity (Wildman–Crippen MR) is 74.4 cm³/mol. The Morgan fingerprint density at radius 1 is 1.33 bits per heavy atom. The third-order valence-corrected chi connectivity index (χ3v) is 4.27. The number of ether oxygens (including phenoxy) is 1. The van der Waals surface area contributed by atoms with Gasteiger partial charge in [0, 0.05) is 5.54 Å². The van der Waals surface area contributed by atoms with Gasteiger partial charge in [-0.1, -0.05) is 6.07 Å². The van der Waals surface area contributed by atoms with Crippen LogP contribution in [0.5, 0.6) is 0 Å². The van der Waals surface area contributed by atoms with E-state index in [-0.39, 0.29) is 16.9 Å². The number of hydrogen-bond acceptors (Lipinski definition) is 5. The number of benzene rings is 1. The van der Waals surface area contributed by atoms with Gasteiger partial charge < -0.3 is 9.84 Å². The summed E-state index contributed by atoms with van der Waals surface area (Å²) in [6, 6.07) is 5.31. The van der Waals surface area contributed by atoms with Crippen molar-refractivity contribution in [3.05, 3.63) is 29.8 Å². The Kier molecular flexibility index (Phi) is 5.08. The van der Waals surface area contributed by atoms with E-state index in [2.05, 4.69) is 9.46 Å². The third-order valence-electron chi connectivity index (χ3n) is 2.57. The molecule has 0 aromatic heterocycles. The molecule has 0 radical (unpaired) electrons. The van der Waals surface area contributed by atoms with E-state index in [4.69, 9.17) is 5.11 Å².